The molecular weight excluding hydrogens is 408 g/mol. The number of nitrogens with one attached hydrogen (secondary N) is 2. The Morgan fingerprint density at radius 2 is 1.88 bits per heavy atom. The van der Waals surface area contributed by atoms with Crippen molar-refractivity contribution in [1.29, 1.82) is 0 Å². The zero-order valence-electron chi connectivity index (χ0n) is 18.2. The van der Waals surface area contributed by atoms with E-state index in [1.54, 1.807) is 25.4 Å². The van der Waals surface area contributed by atoms with Gasteiger partial charge < -0.3 is 19.7 Å². The van der Waals surface area contributed by atoms with Crippen molar-refractivity contribution in [2.75, 3.05) is 36.5 Å². The molecule has 5 rings (SSSR count). The van der Waals surface area contributed by atoms with Gasteiger partial charge in [0, 0.05) is 48.8 Å². The molecule has 0 unspecified atom stereocenters. The van der Waals surface area contributed by atoms with Gasteiger partial charge in [-0.25, -0.2) is 10.1 Å². The maximum Gasteiger partial charge on any atom is 0.267 e. The molecule has 1 aromatic carbocycles. The van der Waals surface area contributed by atoms with Gasteiger partial charge in [0.25, 0.3) is 5.56 Å². The molecule has 1 aliphatic carbocycles. The average Bonchev–Trinajstić information content (AvgIpc) is 2.83. The fraction of sp³-hybridized carbons (Fsp3) is 0.478. The minimum atomic E-state index is -0.151. The van der Waals surface area contributed by atoms with E-state index in [0.717, 1.165) is 74.5 Å². The van der Waals surface area contributed by atoms with Gasteiger partial charge in [-0.3, -0.25) is 9.78 Å². The third kappa shape index (κ3) is 4.52. The monoisotopic (exact) mass is 436 g/mol. The van der Waals surface area contributed by atoms with Crippen molar-refractivity contribution in [2.24, 2.45) is 0 Å². The minimum Gasteiger partial charge on any atom is -0.488 e. The molecular formula is C23H28N6O3. The summed E-state index contributed by atoms with van der Waals surface area (Å²) in [5.74, 6) is 1.51. The number of benzene rings is 1. The average molecular weight is 437 g/mol. The van der Waals surface area contributed by atoms with Crippen LogP contribution in [0.1, 0.15) is 31.2 Å². The fourth-order valence-corrected chi connectivity index (χ4v) is 4.41. The topological polar surface area (TPSA) is 105 Å². The molecule has 2 N–H and O–H groups in total. The summed E-state index contributed by atoms with van der Waals surface area (Å²) in [7, 11) is 0. The molecule has 1 saturated carbocycles. The summed E-state index contributed by atoms with van der Waals surface area (Å²) in [5, 5.41) is 10.1. The third-order valence-corrected chi connectivity index (χ3v) is 6.21. The van der Waals surface area contributed by atoms with Crippen LogP contribution in [0.25, 0.3) is 11.0 Å². The lowest BCUT2D eigenvalue weighted by Gasteiger charge is -2.31. The SMILES string of the molecule is Cc1cc(NC2CCC(Oc3cc(N4CCOCC4)cc4nccnc34)CC2)n[nH]c1=O. The molecule has 0 bridgehead atoms. The van der Waals surface area contributed by atoms with Crippen LogP contribution < -0.4 is 20.5 Å². The molecule has 2 aromatic heterocycles. The molecule has 2 fully saturated rings. The molecule has 168 valence electrons. The Labute approximate surface area is 186 Å². The number of aromatic nitrogens is 4. The van der Waals surface area contributed by atoms with Gasteiger partial charge >= 0.3 is 0 Å². The Hall–Kier alpha value is -3.20. The number of H-pyrrole nitrogens is 1. The quantitative estimate of drug-likeness (QED) is 0.629. The molecule has 9 heteroatoms. The van der Waals surface area contributed by atoms with Crippen molar-refractivity contribution in [1.82, 2.24) is 20.2 Å². The van der Waals surface area contributed by atoms with Crippen molar-refractivity contribution in [3.05, 3.63) is 46.5 Å². The van der Waals surface area contributed by atoms with Gasteiger partial charge in [0.1, 0.15) is 17.1 Å². The van der Waals surface area contributed by atoms with Crippen LogP contribution in [0.4, 0.5) is 11.5 Å². The van der Waals surface area contributed by atoms with Crippen LogP contribution in [0.3, 0.4) is 0 Å². The van der Waals surface area contributed by atoms with Gasteiger partial charge in [-0.1, -0.05) is 0 Å². The van der Waals surface area contributed by atoms with Crippen molar-refractivity contribution in [3.8, 4) is 5.75 Å². The normalized spacial score (nSPS) is 21.5. The number of aryl methyl sites for hydroxylation is 1. The fourth-order valence-electron chi connectivity index (χ4n) is 4.41. The number of rotatable bonds is 5. The standard InChI is InChI=1S/C23H28N6O3/c1-15-12-21(27-28-23(15)30)26-16-2-4-18(5-3-16)32-20-14-17(29-8-10-31-11-9-29)13-19-22(20)25-7-6-24-19/h6-7,12-14,16,18H,2-5,8-11H2,1H3,(H,26,27)(H,28,30). The molecule has 3 heterocycles. The van der Waals surface area contributed by atoms with Gasteiger partial charge in [0.05, 0.1) is 24.8 Å². The molecule has 0 radical (unpaired) electrons. The summed E-state index contributed by atoms with van der Waals surface area (Å²) in [6.07, 6.45) is 7.37. The van der Waals surface area contributed by atoms with Crippen LogP contribution in [-0.4, -0.2) is 58.6 Å². The van der Waals surface area contributed by atoms with Crippen molar-refractivity contribution in [2.45, 2.75) is 44.8 Å². The van der Waals surface area contributed by atoms with Crippen LogP contribution in [0.5, 0.6) is 5.75 Å². The van der Waals surface area contributed by atoms with E-state index >= 15 is 0 Å². The molecule has 0 amide bonds. The summed E-state index contributed by atoms with van der Waals surface area (Å²) in [6.45, 7) is 4.97. The lowest BCUT2D eigenvalue weighted by atomic mass is 9.93. The van der Waals surface area contributed by atoms with E-state index in [2.05, 4.69) is 42.5 Å². The maximum atomic E-state index is 11.5. The lowest BCUT2D eigenvalue weighted by Crippen LogP contribution is -2.36. The second kappa shape index (κ2) is 9.12. The number of aromatic amines is 1. The highest BCUT2D eigenvalue weighted by Crippen LogP contribution is 2.33. The van der Waals surface area contributed by atoms with Gasteiger partial charge in [0.2, 0.25) is 0 Å². The van der Waals surface area contributed by atoms with Crippen LogP contribution in [0, 0.1) is 6.92 Å². The highest BCUT2D eigenvalue weighted by atomic mass is 16.5. The van der Waals surface area contributed by atoms with Gasteiger partial charge in [0.15, 0.2) is 0 Å². The number of nitrogens with zero attached hydrogens (tertiary/aromatic N) is 4. The van der Waals surface area contributed by atoms with E-state index in [-0.39, 0.29) is 11.7 Å². The number of fused-ring (bicyclic) bond motifs is 1. The first-order valence-corrected chi connectivity index (χ1v) is 11.2. The highest BCUT2D eigenvalue weighted by Gasteiger charge is 2.24. The van der Waals surface area contributed by atoms with Gasteiger partial charge in [-0.05, 0) is 44.7 Å². The summed E-state index contributed by atoms with van der Waals surface area (Å²) in [5.41, 5.74) is 3.26. The second-order valence-electron chi connectivity index (χ2n) is 8.47. The van der Waals surface area contributed by atoms with E-state index in [1.807, 2.05) is 0 Å². The smallest absolute Gasteiger partial charge is 0.267 e. The Morgan fingerprint density at radius 1 is 1.09 bits per heavy atom. The van der Waals surface area contributed by atoms with E-state index in [0.29, 0.717) is 17.4 Å². The Bertz CT molecular complexity index is 1140. The van der Waals surface area contributed by atoms with E-state index in [9.17, 15) is 4.79 Å². The number of morpholine rings is 1. The summed E-state index contributed by atoms with van der Waals surface area (Å²) < 4.78 is 12.0. The van der Waals surface area contributed by atoms with E-state index in [4.69, 9.17) is 9.47 Å². The number of anilines is 2. The number of hydrogen-bond acceptors (Lipinski definition) is 8. The van der Waals surface area contributed by atoms with Crippen molar-refractivity contribution < 1.29 is 9.47 Å². The lowest BCUT2D eigenvalue weighted by molar-refractivity contribution is 0.122. The molecule has 2 aliphatic rings. The molecule has 32 heavy (non-hydrogen) atoms. The molecule has 0 spiro atoms. The maximum absolute atomic E-state index is 11.5. The summed E-state index contributed by atoms with van der Waals surface area (Å²) >= 11 is 0. The predicted molar refractivity (Wildman–Crippen MR) is 122 cm³/mol. The van der Waals surface area contributed by atoms with Crippen LogP contribution in [0.2, 0.25) is 0 Å². The number of hydrogen-bond donors (Lipinski definition) is 2. The first-order chi connectivity index (χ1) is 15.7. The van der Waals surface area contributed by atoms with Crippen LogP contribution in [-0.2, 0) is 4.74 Å². The molecule has 9 nitrogen and oxygen atoms in total. The Kier molecular flexibility index (Phi) is 5.89. The van der Waals surface area contributed by atoms with Crippen LogP contribution in [0.15, 0.2) is 35.4 Å². The summed E-state index contributed by atoms with van der Waals surface area (Å²) in [6, 6.07) is 6.28. The van der Waals surface area contributed by atoms with E-state index in [1.165, 1.54) is 0 Å². The molecule has 3 aromatic rings. The first-order valence-electron chi connectivity index (χ1n) is 11.2. The van der Waals surface area contributed by atoms with Crippen molar-refractivity contribution in [3.63, 3.8) is 0 Å². The predicted octanol–water partition coefficient (Wildman–Crippen LogP) is 2.66. The first kappa shape index (κ1) is 20.7. The zero-order valence-corrected chi connectivity index (χ0v) is 18.2. The molecule has 1 saturated heterocycles. The largest absolute Gasteiger partial charge is 0.488 e. The second-order valence-corrected chi connectivity index (χ2v) is 8.47. The Morgan fingerprint density at radius 3 is 2.66 bits per heavy atom. The van der Waals surface area contributed by atoms with Gasteiger partial charge in [-0.2, -0.15) is 5.10 Å². The van der Waals surface area contributed by atoms with Crippen molar-refractivity contribution >= 4 is 22.5 Å². The molecule has 0 atom stereocenters. The van der Waals surface area contributed by atoms with Gasteiger partial charge in [-0.15, -0.1) is 0 Å². The number of ether oxygens (including phenoxy) is 2. The summed E-state index contributed by atoms with van der Waals surface area (Å²) in [4.78, 5) is 22.9. The minimum absolute atomic E-state index is 0.128. The van der Waals surface area contributed by atoms with E-state index < -0.39 is 0 Å². The zero-order chi connectivity index (χ0) is 21.9. The Balaban J connectivity index is 1.27. The van der Waals surface area contributed by atoms with Crippen LogP contribution >= 0.6 is 0 Å². The molecule has 1 aliphatic heterocycles. The third-order valence-electron chi connectivity index (χ3n) is 6.21. The highest BCUT2D eigenvalue weighted by molar-refractivity contribution is 5.85.